The number of rotatable bonds is 12. The molecule has 1 aromatic heterocycles. The molecule has 1 fully saturated rings. The average molecular weight is 579 g/mol. The summed E-state index contributed by atoms with van der Waals surface area (Å²) in [6.07, 6.45) is 2.01. The molecular formula is C29H34N6O7. The van der Waals surface area contributed by atoms with E-state index in [1.54, 1.807) is 18.3 Å². The van der Waals surface area contributed by atoms with Crippen molar-refractivity contribution in [2.24, 2.45) is 11.5 Å². The van der Waals surface area contributed by atoms with Gasteiger partial charge in [0.15, 0.2) is 0 Å². The minimum Gasteiger partial charge on any atom is -0.508 e. The van der Waals surface area contributed by atoms with E-state index in [0.717, 1.165) is 15.8 Å². The van der Waals surface area contributed by atoms with Gasteiger partial charge in [0.05, 0.1) is 12.5 Å². The third-order valence-electron chi connectivity index (χ3n) is 7.30. The first-order chi connectivity index (χ1) is 20.0. The number of primary amides is 1. The lowest BCUT2D eigenvalue weighted by molar-refractivity contribution is -0.149. The number of benzene rings is 2. The number of aliphatic carboxylic acids is 1. The maximum absolute atomic E-state index is 13.6. The molecule has 4 atom stereocenters. The Kier molecular flexibility index (Phi) is 9.42. The molecule has 0 spiro atoms. The van der Waals surface area contributed by atoms with Crippen LogP contribution in [0.1, 0.15) is 30.4 Å². The fraction of sp³-hybridized carbons (Fsp3) is 0.345. The number of hydrogen-bond acceptors (Lipinski definition) is 7. The van der Waals surface area contributed by atoms with Gasteiger partial charge in [0.1, 0.15) is 23.9 Å². The normalized spacial score (nSPS) is 16.9. The van der Waals surface area contributed by atoms with E-state index < -0.39 is 60.2 Å². The zero-order valence-electron chi connectivity index (χ0n) is 22.8. The van der Waals surface area contributed by atoms with Crippen molar-refractivity contribution in [3.05, 3.63) is 65.9 Å². The monoisotopic (exact) mass is 578 g/mol. The molecule has 4 unspecified atom stereocenters. The van der Waals surface area contributed by atoms with E-state index in [9.17, 15) is 34.2 Å². The van der Waals surface area contributed by atoms with E-state index in [2.05, 4.69) is 15.6 Å². The van der Waals surface area contributed by atoms with Crippen LogP contribution >= 0.6 is 0 Å². The highest BCUT2D eigenvalue weighted by Gasteiger charge is 2.39. The summed E-state index contributed by atoms with van der Waals surface area (Å²) in [5.74, 6) is -4.13. The van der Waals surface area contributed by atoms with Crippen LogP contribution < -0.4 is 22.1 Å². The molecule has 4 rings (SSSR count). The molecule has 222 valence electrons. The summed E-state index contributed by atoms with van der Waals surface area (Å²) in [6, 6.07) is 8.82. The summed E-state index contributed by atoms with van der Waals surface area (Å²) in [5.41, 5.74) is 13.7. The van der Waals surface area contributed by atoms with E-state index in [0.29, 0.717) is 17.5 Å². The predicted molar refractivity (Wildman–Crippen MR) is 152 cm³/mol. The number of carboxylic acids is 1. The fourth-order valence-electron chi connectivity index (χ4n) is 5.15. The Morgan fingerprint density at radius 1 is 0.976 bits per heavy atom. The molecule has 1 saturated heterocycles. The highest BCUT2D eigenvalue weighted by molar-refractivity contribution is 5.97. The largest absolute Gasteiger partial charge is 0.508 e. The van der Waals surface area contributed by atoms with Crippen LogP contribution in [0.25, 0.3) is 10.9 Å². The second-order valence-corrected chi connectivity index (χ2v) is 10.4. The lowest BCUT2D eigenvalue weighted by Crippen LogP contribution is -2.58. The van der Waals surface area contributed by atoms with E-state index in [4.69, 9.17) is 11.5 Å². The maximum Gasteiger partial charge on any atom is 0.326 e. The van der Waals surface area contributed by atoms with E-state index >= 15 is 0 Å². The Bertz CT molecular complexity index is 1470. The molecule has 2 heterocycles. The Morgan fingerprint density at radius 3 is 2.36 bits per heavy atom. The smallest absolute Gasteiger partial charge is 0.326 e. The Hall–Kier alpha value is -4.91. The summed E-state index contributed by atoms with van der Waals surface area (Å²) in [4.78, 5) is 67.9. The third kappa shape index (κ3) is 7.23. The lowest BCUT2D eigenvalue weighted by atomic mass is 10.0. The zero-order chi connectivity index (χ0) is 30.4. The Morgan fingerprint density at radius 2 is 1.67 bits per heavy atom. The van der Waals surface area contributed by atoms with Gasteiger partial charge in [-0.1, -0.05) is 30.3 Å². The Balaban J connectivity index is 1.56. The van der Waals surface area contributed by atoms with Crippen molar-refractivity contribution in [1.82, 2.24) is 20.5 Å². The number of hydrogen-bond donors (Lipinski definition) is 7. The number of nitrogens with one attached hydrogen (secondary N) is 3. The van der Waals surface area contributed by atoms with Crippen molar-refractivity contribution in [2.75, 3.05) is 6.54 Å². The number of likely N-dealkylation sites (tertiary alicyclic amines) is 1. The molecule has 1 aliphatic rings. The molecule has 4 amide bonds. The van der Waals surface area contributed by atoms with Gasteiger partial charge in [-0.2, -0.15) is 0 Å². The molecule has 13 nitrogen and oxygen atoms in total. The molecule has 2 aromatic carbocycles. The van der Waals surface area contributed by atoms with Crippen LogP contribution in [0.15, 0.2) is 54.7 Å². The molecule has 0 bridgehead atoms. The van der Waals surface area contributed by atoms with Crippen LogP contribution in [0, 0.1) is 0 Å². The van der Waals surface area contributed by atoms with Crippen molar-refractivity contribution in [1.29, 1.82) is 0 Å². The van der Waals surface area contributed by atoms with E-state index in [-0.39, 0.29) is 31.6 Å². The summed E-state index contributed by atoms with van der Waals surface area (Å²) in [6.45, 7) is 0.155. The van der Waals surface area contributed by atoms with Crippen molar-refractivity contribution in [3.63, 3.8) is 0 Å². The first kappa shape index (κ1) is 30.1. The van der Waals surface area contributed by atoms with Crippen LogP contribution in [0.4, 0.5) is 0 Å². The van der Waals surface area contributed by atoms with Gasteiger partial charge in [0.25, 0.3) is 0 Å². The Labute approximate surface area is 241 Å². The van der Waals surface area contributed by atoms with Crippen LogP contribution in [0.3, 0.4) is 0 Å². The third-order valence-corrected chi connectivity index (χ3v) is 7.30. The van der Waals surface area contributed by atoms with E-state index in [1.807, 2.05) is 24.3 Å². The number of aromatic nitrogens is 1. The standard InChI is InChI=1S/C29H34N6O7/c30-20(12-16-7-9-18(36)10-8-16)26(38)33-22(13-17-15-32-21-5-2-1-4-19(17)21)27(39)34-23(14-25(31)37)28(40)35-11-3-6-24(35)29(41)42/h1-2,4-5,7-10,15,20,22-24,32,36H,3,6,11-14,30H2,(H2,31,37)(H,33,38)(H,34,39)(H,41,42). The number of aromatic amines is 1. The van der Waals surface area contributed by atoms with Crippen molar-refractivity contribution in [2.45, 2.75) is 56.3 Å². The highest BCUT2D eigenvalue weighted by atomic mass is 16.4. The number of nitrogens with zero attached hydrogens (tertiary/aromatic N) is 1. The molecule has 9 N–H and O–H groups in total. The topological polar surface area (TPSA) is 221 Å². The summed E-state index contributed by atoms with van der Waals surface area (Å²) < 4.78 is 0. The van der Waals surface area contributed by atoms with Gasteiger partial charge >= 0.3 is 5.97 Å². The molecular weight excluding hydrogens is 544 g/mol. The number of carbonyl (C=O) groups is 5. The minimum atomic E-state index is -1.43. The van der Waals surface area contributed by atoms with Gasteiger partial charge < -0.3 is 42.2 Å². The number of carboxylic acid groups (broad SMARTS) is 1. The predicted octanol–water partition coefficient (Wildman–Crippen LogP) is -0.0934. The lowest BCUT2D eigenvalue weighted by Gasteiger charge is -2.28. The van der Waals surface area contributed by atoms with E-state index in [1.165, 1.54) is 12.1 Å². The zero-order valence-corrected chi connectivity index (χ0v) is 22.8. The van der Waals surface area contributed by atoms with Crippen LogP contribution in [0.5, 0.6) is 5.75 Å². The van der Waals surface area contributed by atoms with Crippen LogP contribution in [0.2, 0.25) is 0 Å². The number of carbonyl (C=O) groups excluding carboxylic acids is 4. The van der Waals surface area contributed by atoms with Gasteiger partial charge in [-0.05, 0) is 48.6 Å². The molecule has 13 heteroatoms. The van der Waals surface area contributed by atoms with Crippen LogP contribution in [-0.2, 0) is 36.8 Å². The van der Waals surface area contributed by atoms with Gasteiger partial charge in [-0.3, -0.25) is 19.2 Å². The summed E-state index contributed by atoms with van der Waals surface area (Å²) in [7, 11) is 0. The quantitative estimate of drug-likeness (QED) is 0.153. The molecule has 0 radical (unpaired) electrons. The highest BCUT2D eigenvalue weighted by Crippen LogP contribution is 2.21. The summed E-state index contributed by atoms with van der Waals surface area (Å²) >= 11 is 0. The number of amides is 4. The number of para-hydroxylation sites is 1. The number of phenolic OH excluding ortho intramolecular Hbond substituents is 1. The van der Waals surface area contributed by atoms with Crippen molar-refractivity contribution < 1.29 is 34.2 Å². The number of nitrogens with two attached hydrogens (primary N) is 2. The molecule has 0 aliphatic carbocycles. The molecule has 0 saturated carbocycles. The fourth-order valence-corrected chi connectivity index (χ4v) is 5.15. The van der Waals surface area contributed by atoms with Crippen molar-refractivity contribution in [3.8, 4) is 5.75 Å². The van der Waals surface area contributed by atoms with Gasteiger partial charge in [0, 0.05) is 30.1 Å². The summed E-state index contributed by atoms with van der Waals surface area (Å²) in [5, 5.41) is 25.1. The van der Waals surface area contributed by atoms with Gasteiger partial charge in [-0.15, -0.1) is 0 Å². The maximum atomic E-state index is 13.6. The molecule has 42 heavy (non-hydrogen) atoms. The first-order valence-corrected chi connectivity index (χ1v) is 13.5. The number of aromatic hydroxyl groups is 1. The SMILES string of the molecule is NC(=O)CC(NC(=O)C(Cc1c[nH]c2ccccc12)NC(=O)C(N)Cc1ccc(O)cc1)C(=O)N1CCCC1C(=O)O. The number of fused-ring (bicyclic) bond motifs is 1. The van der Waals surface area contributed by atoms with Crippen LogP contribution in [-0.4, -0.2) is 80.4 Å². The van der Waals surface area contributed by atoms with Crippen molar-refractivity contribution >= 4 is 40.5 Å². The average Bonchev–Trinajstić information content (AvgIpc) is 3.61. The second-order valence-electron chi connectivity index (χ2n) is 10.4. The molecule has 1 aliphatic heterocycles. The number of H-pyrrole nitrogens is 1. The van der Waals surface area contributed by atoms with Gasteiger partial charge in [-0.25, -0.2) is 4.79 Å². The van der Waals surface area contributed by atoms with Gasteiger partial charge in [0.2, 0.25) is 23.6 Å². The second kappa shape index (κ2) is 13.2. The first-order valence-electron chi connectivity index (χ1n) is 13.5. The molecule has 3 aromatic rings. The minimum absolute atomic E-state index is 0.0203. The number of phenols is 1.